The summed E-state index contributed by atoms with van der Waals surface area (Å²) in [4.78, 5) is 7.29. The van der Waals surface area contributed by atoms with Crippen LogP contribution in [-0.2, 0) is 0 Å². The molecule has 3 rings (SSSR count). The number of aromatic amines is 1. The van der Waals surface area contributed by atoms with Crippen LogP contribution in [0.4, 0.5) is 0 Å². The molecule has 0 aliphatic carbocycles. The van der Waals surface area contributed by atoms with Crippen molar-refractivity contribution in [1.29, 1.82) is 0 Å². The highest BCUT2D eigenvalue weighted by Gasteiger charge is 2.04. The summed E-state index contributed by atoms with van der Waals surface area (Å²) < 4.78 is 15.6. The van der Waals surface area contributed by atoms with Crippen molar-refractivity contribution < 1.29 is 2.74 Å². The zero-order valence-corrected chi connectivity index (χ0v) is 7.76. The molecular weight excluding hydrogens is 172 g/mol. The first kappa shape index (κ1) is 5.81. The van der Waals surface area contributed by atoms with Gasteiger partial charge in [-0.3, -0.25) is 4.98 Å². The summed E-state index contributed by atoms with van der Waals surface area (Å²) in [6, 6.07) is 8.02. The molecular formula is C12H10N2. The monoisotopic (exact) mass is 184 g/mol. The maximum absolute atomic E-state index is 7.91. The number of H-pyrrole nitrogens is 1. The molecule has 0 aliphatic heterocycles. The van der Waals surface area contributed by atoms with E-state index in [0.29, 0.717) is 0 Å². The van der Waals surface area contributed by atoms with E-state index in [-0.39, 0.29) is 12.2 Å². The number of nitrogens with zero attached hydrogens (tertiary/aromatic N) is 1. The second-order valence-electron chi connectivity index (χ2n) is 3.35. The number of rotatable bonds is 0. The van der Waals surface area contributed by atoms with Gasteiger partial charge < -0.3 is 4.98 Å². The van der Waals surface area contributed by atoms with Crippen LogP contribution in [-0.4, -0.2) is 9.97 Å². The molecule has 0 saturated carbocycles. The molecule has 2 nitrogen and oxygen atoms in total. The normalized spacial score (nSPS) is 13.2. The lowest BCUT2D eigenvalue weighted by molar-refractivity contribution is 1.22. The Kier molecular flexibility index (Phi) is 1.07. The number of para-hydroxylation sites is 1. The van der Waals surface area contributed by atoms with Gasteiger partial charge in [-0.1, -0.05) is 18.2 Å². The summed E-state index contributed by atoms with van der Waals surface area (Å²) in [7, 11) is 0. The fraction of sp³-hybridized carbons (Fsp3) is 0.0833. The molecule has 1 aromatic carbocycles. The Morgan fingerprint density at radius 1 is 1.29 bits per heavy atom. The standard InChI is InChI=1S/C12H10N2/c1-8-12-10(6-7-13-8)9-4-2-3-5-11(9)14-12/h2-7,14H,1H3/i6D,7D. The van der Waals surface area contributed by atoms with Crippen molar-refractivity contribution in [3.8, 4) is 0 Å². The first-order chi connectivity index (χ1) is 7.68. The van der Waals surface area contributed by atoms with Crippen LogP contribution in [0.15, 0.2) is 36.5 Å². The van der Waals surface area contributed by atoms with E-state index in [9.17, 15) is 0 Å². The van der Waals surface area contributed by atoms with Crippen LogP contribution in [0.5, 0.6) is 0 Å². The summed E-state index contributed by atoms with van der Waals surface area (Å²) in [6.45, 7) is 1.86. The van der Waals surface area contributed by atoms with Crippen molar-refractivity contribution in [3.05, 3.63) is 42.2 Å². The first-order valence-electron chi connectivity index (χ1n) is 5.52. The highest BCUT2D eigenvalue weighted by Crippen LogP contribution is 2.25. The van der Waals surface area contributed by atoms with Crippen LogP contribution in [0.3, 0.4) is 0 Å². The maximum Gasteiger partial charge on any atom is 0.0840 e. The van der Waals surface area contributed by atoms with Gasteiger partial charge in [0.1, 0.15) is 0 Å². The number of fused-ring (bicyclic) bond motifs is 3. The third-order valence-electron chi connectivity index (χ3n) is 2.47. The molecule has 0 bridgehead atoms. The van der Waals surface area contributed by atoms with Crippen molar-refractivity contribution in [2.24, 2.45) is 0 Å². The molecule has 68 valence electrons. The van der Waals surface area contributed by atoms with Crippen molar-refractivity contribution in [3.63, 3.8) is 0 Å². The third kappa shape index (κ3) is 0.880. The van der Waals surface area contributed by atoms with Crippen LogP contribution in [0, 0.1) is 6.92 Å². The van der Waals surface area contributed by atoms with Crippen LogP contribution >= 0.6 is 0 Å². The van der Waals surface area contributed by atoms with Crippen LogP contribution < -0.4 is 0 Å². The van der Waals surface area contributed by atoms with Gasteiger partial charge >= 0.3 is 0 Å². The van der Waals surface area contributed by atoms with Gasteiger partial charge in [0.05, 0.1) is 14.0 Å². The molecule has 0 spiro atoms. The average Bonchev–Trinajstić information content (AvgIpc) is 2.66. The molecule has 0 amide bonds. The van der Waals surface area contributed by atoms with Gasteiger partial charge in [-0.15, -0.1) is 0 Å². The SMILES string of the molecule is [2H]c1nc(C)c2[nH]c3ccccc3c2c1[2H]. The minimum atomic E-state index is 0.0368. The molecule has 0 atom stereocenters. The zero-order chi connectivity index (χ0) is 11.3. The van der Waals surface area contributed by atoms with E-state index >= 15 is 0 Å². The molecule has 0 aliphatic rings. The van der Waals surface area contributed by atoms with E-state index in [1.165, 1.54) is 0 Å². The van der Waals surface area contributed by atoms with E-state index in [2.05, 4.69) is 9.97 Å². The Hall–Kier alpha value is -1.83. The highest BCUT2D eigenvalue weighted by atomic mass is 14.8. The Labute approximate surface area is 84.4 Å². The minimum Gasteiger partial charge on any atom is -0.353 e. The zero-order valence-electron chi connectivity index (χ0n) is 9.76. The van der Waals surface area contributed by atoms with Crippen molar-refractivity contribution in [1.82, 2.24) is 9.97 Å². The molecule has 1 N–H and O–H groups in total. The van der Waals surface area contributed by atoms with Gasteiger partial charge in [-0.25, -0.2) is 0 Å². The van der Waals surface area contributed by atoms with Gasteiger partial charge in [-0.05, 0) is 19.0 Å². The molecule has 2 heterocycles. The number of hydrogen-bond donors (Lipinski definition) is 1. The minimum absolute atomic E-state index is 0.0368. The van der Waals surface area contributed by atoms with Gasteiger partial charge in [0.25, 0.3) is 0 Å². The second kappa shape index (κ2) is 2.58. The van der Waals surface area contributed by atoms with Crippen LogP contribution in [0.2, 0.25) is 0 Å². The van der Waals surface area contributed by atoms with E-state index in [4.69, 9.17) is 2.74 Å². The predicted octanol–water partition coefficient (Wildman–Crippen LogP) is 3.02. The van der Waals surface area contributed by atoms with Gasteiger partial charge in [0.2, 0.25) is 0 Å². The van der Waals surface area contributed by atoms with Crippen LogP contribution in [0.1, 0.15) is 8.44 Å². The molecule has 0 radical (unpaired) electrons. The number of aromatic nitrogens is 2. The quantitative estimate of drug-likeness (QED) is 0.571. The number of benzene rings is 1. The first-order valence-corrected chi connectivity index (χ1v) is 4.52. The van der Waals surface area contributed by atoms with Crippen molar-refractivity contribution in [2.75, 3.05) is 0 Å². The lowest BCUT2D eigenvalue weighted by Gasteiger charge is -1.92. The molecule has 2 heteroatoms. The number of pyridine rings is 1. The molecule has 3 aromatic rings. The number of nitrogens with one attached hydrogen (secondary N) is 1. The smallest absolute Gasteiger partial charge is 0.0840 e. The summed E-state index contributed by atoms with van der Waals surface area (Å²) in [5.74, 6) is 0. The number of hydrogen-bond acceptors (Lipinski definition) is 1. The third-order valence-corrected chi connectivity index (χ3v) is 2.47. The van der Waals surface area contributed by atoms with E-state index in [1.807, 2.05) is 31.2 Å². The Bertz CT molecular complexity index is 701. The van der Waals surface area contributed by atoms with Crippen LogP contribution in [0.25, 0.3) is 21.8 Å². The topological polar surface area (TPSA) is 28.7 Å². The molecule has 2 aromatic heterocycles. The Morgan fingerprint density at radius 2 is 2.14 bits per heavy atom. The second-order valence-corrected chi connectivity index (χ2v) is 3.35. The fourth-order valence-electron chi connectivity index (χ4n) is 1.77. The Balaban J connectivity index is 2.66. The fourth-order valence-corrected chi connectivity index (χ4v) is 1.77. The Morgan fingerprint density at radius 3 is 3.07 bits per heavy atom. The average molecular weight is 184 g/mol. The van der Waals surface area contributed by atoms with Gasteiger partial charge in [-0.2, -0.15) is 0 Å². The van der Waals surface area contributed by atoms with Gasteiger partial charge in [0.15, 0.2) is 0 Å². The summed E-state index contributed by atoms with van der Waals surface area (Å²) >= 11 is 0. The summed E-state index contributed by atoms with van der Waals surface area (Å²) in [5.41, 5.74) is 2.62. The molecule has 14 heavy (non-hydrogen) atoms. The number of aryl methyl sites for hydroxylation is 1. The van der Waals surface area contributed by atoms with Gasteiger partial charge in [0, 0.05) is 22.5 Å². The summed E-state index contributed by atoms with van der Waals surface area (Å²) in [5, 5.41) is 1.79. The lowest BCUT2D eigenvalue weighted by Crippen LogP contribution is -1.79. The highest BCUT2D eigenvalue weighted by molar-refractivity contribution is 6.07. The largest absolute Gasteiger partial charge is 0.353 e. The van der Waals surface area contributed by atoms with E-state index in [1.54, 1.807) is 0 Å². The predicted molar refractivity (Wildman–Crippen MR) is 58.3 cm³/mol. The lowest BCUT2D eigenvalue weighted by atomic mass is 10.2. The molecule has 0 fully saturated rings. The molecule has 0 unspecified atom stereocenters. The van der Waals surface area contributed by atoms with E-state index < -0.39 is 0 Å². The summed E-state index contributed by atoms with van der Waals surface area (Å²) in [6.07, 6.45) is 0.0368. The van der Waals surface area contributed by atoms with Crippen molar-refractivity contribution >= 4 is 21.8 Å². The maximum atomic E-state index is 7.91. The van der Waals surface area contributed by atoms with E-state index in [0.717, 1.165) is 27.5 Å². The van der Waals surface area contributed by atoms with Crippen molar-refractivity contribution in [2.45, 2.75) is 6.92 Å². The molecule has 0 saturated heterocycles.